The van der Waals surface area contributed by atoms with Crippen molar-refractivity contribution in [3.8, 4) is 22.6 Å². The van der Waals surface area contributed by atoms with Gasteiger partial charge < -0.3 is 14.6 Å². The molecule has 6 heteroatoms. The third kappa shape index (κ3) is 6.49. The molecule has 0 aliphatic carbocycles. The van der Waals surface area contributed by atoms with Crippen molar-refractivity contribution < 1.29 is 19.4 Å². The molecule has 0 unspecified atom stereocenters. The molecule has 206 valence electrons. The molecule has 6 rings (SSSR count). The Morgan fingerprint density at radius 2 is 1.73 bits per heavy atom. The van der Waals surface area contributed by atoms with Crippen molar-refractivity contribution in [1.29, 1.82) is 0 Å². The Balaban J connectivity index is 0.00000323. The minimum Gasteiger partial charge on any atom is -0.492 e. The number of halogens is 1. The lowest BCUT2D eigenvalue weighted by molar-refractivity contribution is -0.137. The number of hydrogen-bond acceptors (Lipinski definition) is 4. The first kappa shape index (κ1) is 27.8. The third-order valence-corrected chi connectivity index (χ3v) is 7.81. The molecule has 0 saturated carbocycles. The summed E-state index contributed by atoms with van der Waals surface area (Å²) in [6.07, 6.45) is 2.25. The largest absolute Gasteiger partial charge is 0.492 e. The van der Waals surface area contributed by atoms with Crippen molar-refractivity contribution in [2.24, 2.45) is 0 Å². The predicted molar refractivity (Wildman–Crippen MR) is 160 cm³/mol. The molecule has 4 aromatic rings. The van der Waals surface area contributed by atoms with Crippen LogP contribution in [0.4, 0.5) is 0 Å². The van der Waals surface area contributed by atoms with E-state index in [0.29, 0.717) is 13.2 Å². The van der Waals surface area contributed by atoms with Gasteiger partial charge in [-0.1, -0.05) is 72.8 Å². The summed E-state index contributed by atoms with van der Waals surface area (Å²) in [5, 5.41) is 9.11. The highest BCUT2D eigenvalue weighted by Crippen LogP contribution is 2.38. The summed E-state index contributed by atoms with van der Waals surface area (Å²) in [5.41, 5.74) is 8.76. The lowest BCUT2D eigenvalue weighted by Crippen LogP contribution is -2.32. The van der Waals surface area contributed by atoms with Gasteiger partial charge in [-0.2, -0.15) is 0 Å². The number of carbonyl (C=O) groups is 1. The van der Waals surface area contributed by atoms with Gasteiger partial charge in [0, 0.05) is 37.2 Å². The Bertz CT molecular complexity index is 1470. The fraction of sp³-hybridized carbons (Fsp3) is 0.265. The second-order valence-electron chi connectivity index (χ2n) is 10.5. The number of aliphatic carboxylic acids is 1. The van der Waals surface area contributed by atoms with Crippen LogP contribution in [0.25, 0.3) is 11.1 Å². The Hall–Kier alpha value is -3.80. The highest BCUT2D eigenvalue weighted by molar-refractivity contribution is 5.85. The molecule has 0 saturated heterocycles. The van der Waals surface area contributed by atoms with Crippen LogP contribution in [0.1, 0.15) is 40.2 Å². The number of carboxylic acid groups (broad SMARTS) is 1. The summed E-state index contributed by atoms with van der Waals surface area (Å²) in [4.78, 5) is 13.7. The average Bonchev–Trinajstić information content (AvgIpc) is 3.36. The summed E-state index contributed by atoms with van der Waals surface area (Å²) in [6.45, 7) is 4.05. The van der Waals surface area contributed by atoms with Crippen LogP contribution in [-0.2, 0) is 30.8 Å². The van der Waals surface area contributed by atoms with E-state index in [2.05, 4.69) is 77.7 Å². The molecule has 0 fully saturated rings. The molecule has 1 atom stereocenters. The molecule has 0 spiro atoms. The van der Waals surface area contributed by atoms with Gasteiger partial charge in [0.15, 0.2) is 0 Å². The SMILES string of the molecule is Cl.O=C(O)C[C@@H]1COc2cc(OCc3cccc(-c4ccc5c(c4)CCN(CCc4ccccc4)C5)c3)ccc21. The molecule has 40 heavy (non-hydrogen) atoms. The second-order valence-corrected chi connectivity index (χ2v) is 10.5. The maximum Gasteiger partial charge on any atom is 0.304 e. The zero-order valence-electron chi connectivity index (χ0n) is 22.4. The minimum absolute atomic E-state index is 0. The summed E-state index contributed by atoms with van der Waals surface area (Å²) in [7, 11) is 0. The van der Waals surface area contributed by atoms with Crippen molar-refractivity contribution in [1.82, 2.24) is 4.90 Å². The average molecular weight is 556 g/mol. The van der Waals surface area contributed by atoms with Crippen molar-refractivity contribution in [3.63, 3.8) is 0 Å². The van der Waals surface area contributed by atoms with E-state index < -0.39 is 5.97 Å². The first-order chi connectivity index (χ1) is 19.1. The van der Waals surface area contributed by atoms with Crippen molar-refractivity contribution in [2.45, 2.75) is 38.3 Å². The first-order valence-electron chi connectivity index (χ1n) is 13.7. The van der Waals surface area contributed by atoms with Crippen LogP contribution < -0.4 is 9.47 Å². The molecule has 5 nitrogen and oxygen atoms in total. The first-order valence-corrected chi connectivity index (χ1v) is 13.7. The fourth-order valence-electron chi connectivity index (χ4n) is 5.65. The lowest BCUT2D eigenvalue weighted by atomic mass is 9.94. The quantitative estimate of drug-likeness (QED) is 0.243. The number of carboxylic acids is 1. The number of rotatable bonds is 9. The van der Waals surface area contributed by atoms with E-state index in [1.165, 1.54) is 27.8 Å². The lowest BCUT2D eigenvalue weighted by Gasteiger charge is -2.29. The Morgan fingerprint density at radius 1 is 0.900 bits per heavy atom. The van der Waals surface area contributed by atoms with Crippen molar-refractivity contribution in [2.75, 3.05) is 19.7 Å². The van der Waals surface area contributed by atoms with E-state index in [4.69, 9.17) is 14.6 Å². The second kappa shape index (κ2) is 12.6. The van der Waals surface area contributed by atoms with E-state index in [1.54, 1.807) is 0 Å². The molecule has 2 heterocycles. The van der Waals surface area contributed by atoms with E-state index in [-0.39, 0.29) is 24.7 Å². The normalized spacial score (nSPS) is 15.8. The molecule has 0 bridgehead atoms. The van der Waals surface area contributed by atoms with Crippen LogP contribution >= 0.6 is 12.4 Å². The topological polar surface area (TPSA) is 59.0 Å². The molecule has 2 aliphatic rings. The van der Waals surface area contributed by atoms with E-state index in [9.17, 15) is 4.79 Å². The molecule has 0 aromatic heterocycles. The summed E-state index contributed by atoms with van der Waals surface area (Å²) in [6, 6.07) is 31.8. The maximum absolute atomic E-state index is 11.1. The van der Waals surface area contributed by atoms with Crippen LogP contribution in [0.5, 0.6) is 11.5 Å². The van der Waals surface area contributed by atoms with E-state index >= 15 is 0 Å². The van der Waals surface area contributed by atoms with Gasteiger partial charge in [-0.25, -0.2) is 0 Å². The van der Waals surface area contributed by atoms with Gasteiger partial charge >= 0.3 is 5.97 Å². The molecular weight excluding hydrogens is 522 g/mol. The molecule has 4 aromatic carbocycles. The number of ether oxygens (including phenoxy) is 2. The zero-order chi connectivity index (χ0) is 26.6. The van der Waals surface area contributed by atoms with Gasteiger partial charge in [0.2, 0.25) is 0 Å². The standard InChI is InChI=1S/C34H33NO4.ClH/c36-34(37)19-30-23-39-33-20-31(11-12-32(30)33)38-22-25-7-4-8-26(17-25)27-9-10-29-21-35(16-14-28(29)18-27)15-13-24-5-2-1-3-6-24;/h1-12,17-18,20,30H,13-16,19,21-23H2,(H,36,37);1H/t30-;/m1./s1. The predicted octanol–water partition coefficient (Wildman–Crippen LogP) is 6.91. The summed E-state index contributed by atoms with van der Waals surface area (Å²) in [5.74, 6) is 0.537. The highest BCUT2D eigenvalue weighted by Gasteiger charge is 2.26. The summed E-state index contributed by atoms with van der Waals surface area (Å²) >= 11 is 0. The van der Waals surface area contributed by atoms with Gasteiger partial charge in [0.25, 0.3) is 0 Å². The Labute approximate surface area is 241 Å². The van der Waals surface area contributed by atoms with Crippen molar-refractivity contribution >= 4 is 18.4 Å². The van der Waals surface area contributed by atoms with Crippen LogP contribution in [0.2, 0.25) is 0 Å². The van der Waals surface area contributed by atoms with Crippen LogP contribution in [0.3, 0.4) is 0 Å². The number of nitrogens with zero attached hydrogens (tertiary/aromatic N) is 1. The highest BCUT2D eigenvalue weighted by atomic mass is 35.5. The van der Waals surface area contributed by atoms with Crippen LogP contribution in [-0.4, -0.2) is 35.7 Å². The van der Waals surface area contributed by atoms with Gasteiger partial charge in [-0.05, 0) is 58.4 Å². The monoisotopic (exact) mass is 555 g/mol. The third-order valence-electron chi connectivity index (χ3n) is 7.81. The van der Waals surface area contributed by atoms with Crippen LogP contribution in [0, 0.1) is 0 Å². The molecule has 1 N–H and O–H groups in total. The van der Waals surface area contributed by atoms with Gasteiger partial charge in [-0.15, -0.1) is 12.4 Å². The fourth-order valence-corrected chi connectivity index (χ4v) is 5.65. The smallest absolute Gasteiger partial charge is 0.304 e. The van der Waals surface area contributed by atoms with E-state index in [0.717, 1.165) is 55.1 Å². The maximum atomic E-state index is 11.1. The number of hydrogen-bond donors (Lipinski definition) is 1. The zero-order valence-corrected chi connectivity index (χ0v) is 23.2. The minimum atomic E-state index is -0.809. The van der Waals surface area contributed by atoms with Gasteiger partial charge in [0.1, 0.15) is 18.1 Å². The Kier molecular flexibility index (Phi) is 8.73. The van der Waals surface area contributed by atoms with Gasteiger partial charge in [-0.3, -0.25) is 9.69 Å². The molecule has 2 aliphatic heterocycles. The molecular formula is C34H34ClNO4. The molecule has 0 radical (unpaired) electrons. The molecule has 0 amide bonds. The number of benzene rings is 4. The van der Waals surface area contributed by atoms with E-state index in [1.807, 2.05) is 18.2 Å². The number of fused-ring (bicyclic) bond motifs is 2. The van der Waals surface area contributed by atoms with Crippen molar-refractivity contribution in [3.05, 3.63) is 119 Å². The van der Waals surface area contributed by atoms with Crippen LogP contribution in [0.15, 0.2) is 91.0 Å². The summed E-state index contributed by atoms with van der Waals surface area (Å²) < 4.78 is 11.8. The van der Waals surface area contributed by atoms with Gasteiger partial charge in [0.05, 0.1) is 13.0 Å². The Morgan fingerprint density at radius 3 is 2.58 bits per heavy atom.